The van der Waals surface area contributed by atoms with Gasteiger partial charge in [-0.05, 0) is 36.4 Å². The summed E-state index contributed by atoms with van der Waals surface area (Å²) in [6.45, 7) is 0.944. The molecule has 0 heterocycles. The third kappa shape index (κ3) is 4.65. The summed E-state index contributed by atoms with van der Waals surface area (Å²) in [4.78, 5) is 10.9. The summed E-state index contributed by atoms with van der Waals surface area (Å²) < 4.78 is 6.44. The maximum atomic E-state index is 10.9. The number of anilines is 1. The molecule has 0 fully saturated rings. The Morgan fingerprint density at radius 3 is 2.86 bits per heavy atom. The largest absolute Gasteiger partial charge is 0.492 e. The number of halogens is 2. The monoisotopic (exact) mass is 369 g/mol. The van der Waals surface area contributed by atoms with E-state index in [9.17, 15) is 4.79 Å². The van der Waals surface area contributed by atoms with Crippen LogP contribution in [-0.2, 0) is 0 Å². The van der Waals surface area contributed by atoms with Crippen molar-refractivity contribution in [3.8, 4) is 5.75 Å². The molecule has 21 heavy (non-hydrogen) atoms. The molecule has 2 N–H and O–H groups in total. The molecule has 0 aliphatic heterocycles. The first-order chi connectivity index (χ1) is 10.1. The van der Waals surface area contributed by atoms with Crippen LogP contribution in [0.25, 0.3) is 0 Å². The van der Waals surface area contributed by atoms with Crippen LogP contribution >= 0.6 is 27.5 Å². The van der Waals surface area contributed by atoms with Crippen molar-refractivity contribution in [2.45, 2.75) is 0 Å². The van der Waals surface area contributed by atoms with E-state index >= 15 is 0 Å². The van der Waals surface area contributed by atoms with Crippen molar-refractivity contribution in [2.75, 3.05) is 18.5 Å². The molecule has 2 aromatic carbocycles. The first kappa shape index (κ1) is 15.7. The molecular formula is C15H13BrClNO3. The van der Waals surface area contributed by atoms with Gasteiger partial charge < -0.3 is 15.2 Å². The minimum Gasteiger partial charge on any atom is -0.492 e. The highest BCUT2D eigenvalue weighted by molar-refractivity contribution is 9.10. The van der Waals surface area contributed by atoms with E-state index in [2.05, 4.69) is 21.2 Å². The number of hydrogen-bond acceptors (Lipinski definition) is 3. The van der Waals surface area contributed by atoms with Crippen LogP contribution in [0.2, 0.25) is 5.02 Å². The maximum Gasteiger partial charge on any atom is 0.335 e. The number of ether oxygens (including phenoxy) is 1. The molecule has 0 aliphatic carbocycles. The lowest BCUT2D eigenvalue weighted by Gasteiger charge is -2.10. The summed E-state index contributed by atoms with van der Waals surface area (Å²) in [7, 11) is 0. The Bertz CT molecular complexity index is 649. The average Bonchev–Trinajstić information content (AvgIpc) is 2.47. The maximum absolute atomic E-state index is 10.9. The van der Waals surface area contributed by atoms with Crippen LogP contribution in [0.15, 0.2) is 46.9 Å². The summed E-state index contributed by atoms with van der Waals surface area (Å²) >= 11 is 9.44. The van der Waals surface area contributed by atoms with Gasteiger partial charge in [0.1, 0.15) is 12.4 Å². The summed E-state index contributed by atoms with van der Waals surface area (Å²) in [5, 5.41) is 12.7. The van der Waals surface area contributed by atoms with Gasteiger partial charge in [0.25, 0.3) is 0 Å². The molecule has 0 aliphatic rings. The van der Waals surface area contributed by atoms with Gasteiger partial charge in [0.2, 0.25) is 0 Å². The minimum atomic E-state index is -0.973. The van der Waals surface area contributed by atoms with Crippen LogP contribution in [0, 0.1) is 0 Å². The summed E-state index contributed by atoms with van der Waals surface area (Å²) in [6.07, 6.45) is 0. The molecule has 110 valence electrons. The van der Waals surface area contributed by atoms with Gasteiger partial charge in [0.15, 0.2) is 0 Å². The second-order valence-electron chi connectivity index (χ2n) is 4.23. The number of aromatic carboxylic acids is 1. The Balaban J connectivity index is 1.86. The fraction of sp³-hybridized carbons (Fsp3) is 0.133. The molecule has 4 nitrogen and oxygen atoms in total. The van der Waals surface area contributed by atoms with E-state index in [1.165, 1.54) is 12.1 Å². The van der Waals surface area contributed by atoms with Gasteiger partial charge in [-0.15, -0.1) is 0 Å². The van der Waals surface area contributed by atoms with E-state index in [1.807, 2.05) is 12.1 Å². The topological polar surface area (TPSA) is 58.6 Å². The van der Waals surface area contributed by atoms with E-state index in [1.54, 1.807) is 18.2 Å². The van der Waals surface area contributed by atoms with Gasteiger partial charge in [-0.3, -0.25) is 0 Å². The molecule has 0 atom stereocenters. The summed E-state index contributed by atoms with van der Waals surface area (Å²) in [5.41, 5.74) is 1.02. The first-order valence-corrected chi connectivity index (χ1v) is 7.38. The SMILES string of the molecule is O=C(O)c1cccc(OCCNc2cc(Br)ccc2Cl)c1. The number of nitrogens with one attached hydrogen (secondary N) is 1. The van der Waals surface area contributed by atoms with Crippen LogP contribution in [0.4, 0.5) is 5.69 Å². The fourth-order valence-corrected chi connectivity index (χ4v) is 2.25. The Kier molecular flexibility index (Phi) is 5.47. The number of hydrogen-bond donors (Lipinski definition) is 2. The number of carbonyl (C=O) groups is 1. The Hall–Kier alpha value is -1.72. The predicted molar refractivity (Wildman–Crippen MR) is 86.5 cm³/mol. The molecule has 0 saturated heterocycles. The van der Waals surface area contributed by atoms with Crippen molar-refractivity contribution < 1.29 is 14.6 Å². The molecule has 0 aromatic heterocycles. The van der Waals surface area contributed by atoms with E-state index in [-0.39, 0.29) is 5.56 Å². The zero-order valence-electron chi connectivity index (χ0n) is 11.0. The zero-order chi connectivity index (χ0) is 15.2. The van der Waals surface area contributed by atoms with Crippen LogP contribution < -0.4 is 10.1 Å². The standard InChI is InChI=1S/C15H13BrClNO3/c16-11-4-5-13(17)14(9-11)18-6-7-21-12-3-1-2-10(8-12)15(19)20/h1-5,8-9,18H,6-7H2,(H,19,20). The van der Waals surface area contributed by atoms with Crippen molar-refractivity contribution >= 4 is 39.2 Å². The number of benzene rings is 2. The Morgan fingerprint density at radius 1 is 1.29 bits per heavy atom. The number of carboxylic acid groups (broad SMARTS) is 1. The minimum absolute atomic E-state index is 0.204. The first-order valence-electron chi connectivity index (χ1n) is 6.21. The Morgan fingerprint density at radius 2 is 2.10 bits per heavy atom. The predicted octanol–water partition coefficient (Wildman–Crippen LogP) is 4.29. The van der Waals surface area contributed by atoms with Crippen molar-refractivity contribution in [3.63, 3.8) is 0 Å². The van der Waals surface area contributed by atoms with Crippen LogP contribution in [0.3, 0.4) is 0 Å². The molecule has 2 rings (SSSR count). The molecule has 0 amide bonds. The highest BCUT2D eigenvalue weighted by atomic mass is 79.9. The van der Waals surface area contributed by atoms with E-state index in [0.29, 0.717) is 23.9 Å². The van der Waals surface area contributed by atoms with Crippen molar-refractivity contribution in [1.82, 2.24) is 0 Å². The second-order valence-corrected chi connectivity index (χ2v) is 5.56. The van der Waals surface area contributed by atoms with Crippen LogP contribution in [0.5, 0.6) is 5.75 Å². The van der Waals surface area contributed by atoms with Gasteiger partial charge in [-0.1, -0.05) is 33.6 Å². The lowest BCUT2D eigenvalue weighted by molar-refractivity contribution is 0.0696. The zero-order valence-corrected chi connectivity index (χ0v) is 13.3. The third-order valence-corrected chi connectivity index (χ3v) is 3.52. The van der Waals surface area contributed by atoms with Crippen LogP contribution in [0.1, 0.15) is 10.4 Å². The fourth-order valence-electron chi connectivity index (χ4n) is 1.71. The number of rotatable bonds is 6. The summed E-state index contributed by atoms with van der Waals surface area (Å²) in [5.74, 6) is -0.448. The van der Waals surface area contributed by atoms with Gasteiger partial charge in [-0.25, -0.2) is 4.79 Å². The molecule has 0 unspecified atom stereocenters. The normalized spacial score (nSPS) is 10.2. The van der Waals surface area contributed by atoms with E-state index in [0.717, 1.165) is 10.2 Å². The average molecular weight is 371 g/mol. The lowest BCUT2D eigenvalue weighted by Crippen LogP contribution is -2.12. The van der Waals surface area contributed by atoms with Gasteiger partial charge in [0, 0.05) is 11.0 Å². The molecule has 6 heteroatoms. The number of carboxylic acids is 1. The van der Waals surface area contributed by atoms with Gasteiger partial charge in [0.05, 0.1) is 16.3 Å². The summed E-state index contributed by atoms with van der Waals surface area (Å²) in [6, 6.07) is 11.9. The second kappa shape index (κ2) is 7.33. The highest BCUT2D eigenvalue weighted by Crippen LogP contribution is 2.25. The lowest BCUT2D eigenvalue weighted by atomic mass is 10.2. The highest BCUT2D eigenvalue weighted by Gasteiger charge is 2.04. The molecule has 0 saturated carbocycles. The van der Waals surface area contributed by atoms with Crippen molar-refractivity contribution in [3.05, 3.63) is 57.5 Å². The van der Waals surface area contributed by atoms with Crippen LogP contribution in [-0.4, -0.2) is 24.2 Å². The molecular weight excluding hydrogens is 358 g/mol. The van der Waals surface area contributed by atoms with Crippen molar-refractivity contribution in [1.29, 1.82) is 0 Å². The van der Waals surface area contributed by atoms with Crippen molar-refractivity contribution in [2.24, 2.45) is 0 Å². The molecule has 0 bridgehead atoms. The Labute approximate surface area is 135 Å². The molecule has 0 radical (unpaired) electrons. The van der Waals surface area contributed by atoms with E-state index in [4.69, 9.17) is 21.4 Å². The molecule has 0 spiro atoms. The van der Waals surface area contributed by atoms with Gasteiger partial charge in [-0.2, -0.15) is 0 Å². The van der Waals surface area contributed by atoms with Gasteiger partial charge >= 0.3 is 5.97 Å². The smallest absolute Gasteiger partial charge is 0.335 e. The van der Waals surface area contributed by atoms with E-state index < -0.39 is 5.97 Å². The quantitative estimate of drug-likeness (QED) is 0.745. The third-order valence-electron chi connectivity index (χ3n) is 2.70. The molecule has 2 aromatic rings.